The van der Waals surface area contributed by atoms with Crippen LogP contribution >= 0.6 is 0 Å². The molecule has 2 saturated heterocycles. The number of benzene rings is 1. The van der Waals surface area contributed by atoms with Crippen molar-refractivity contribution in [3.05, 3.63) is 59.0 Å². The SMILES string of the molecule is Cc1ccc(CN2CC(C(=O)N3CCC(NC(=O)c4ccc(C)o4)CC3)CC2=O)cc1. The van der Waals surface area contributed by atoms with Crippen LogP contribution < -0.4 is 5.32 Å². The van der Waals surface area contributed by atoms with Gasteiger partial charge in [0.2, 0.25) is 11.8 Å². The van der Waals surface area contributed by atoms with Crippen LogP contribution in [-0.2, 0) is 16.1 Å². The van der Waals surface area contributed by atoms with Crippen LogP contribution in [0.2, 0.25) is 0 Å². The molecule has 31 heavy (non-hydrogen) atoms. The van der Waals surface area contributed by atoms with Gasteiger partial charge >= 0.3 is 0 Å². The summed E-state index contributed by atoms with van der Waals surface area (Å²) >= 11 is 0. The predicted octanol–water partition coefficient (Wildman–Crippen LogP) is 2.67. The Kier molecular flexibility index (Phi) is 6.11. The molecule has 2 fully saturated rings. The van der Waals surface area contributed by atoms with Crippen molar-refractivity contribution in [2.24, 2.45) is 5.92 Å². The van der Waals surface area contributed by atoms with Gasteiger partial charge in [-0.2, -0.15) is 0 Å². The Morgan fingerprint density at radius 1 is 1.06 bits per heavy atom. The molecule has 1 N–H and O–H groups in total. The molecule has 164 valence electrons. The predicted molar refractivity (Wildman–Crippen MR) is 115 cm³/mol. The van der Waals surface area contributed by atoms with Crippen LogP contribution in [0.5, 0.6) is 0 Å². The highest BCUT2D eigenvalue weighted by atomic mass is 16.3. The maximum atomic E-state index is 13.0. The molecule has 0 saturated carbocycles. The van der Waals surface area contributed by atoms with E-state index in [0.29, 0.717) is 50.5 Å². The first kappa shape index (κ1) is 21.2. The van der Waals surface area contributed by atoms with E-state index >= 15 is 0 Å². The molecule has 3 heterocycles. The Bertz CT molecular complexity index is 957. The van der Waals surface area contributed by atoms with Crippen LogP contribution in [0.1, 0.15) is 46.7 Å². The summed E-state index contributed by atoms with van der Waals surface area (Å²) in [5.74, 6) is 0.601. The zero-order chi connectivity index (χ0) is 22.0. The summed E-state index contributed by atoms with van der Waals surface area (Å²) < 4.78 is 5.37. The minimum atomic E-state index is -0.282. The summed E-state index contributed by atoms with van der Waals surface area (Å²) in [4.78, 5) is 41.3. The van der Waals surface area contributed by atoms with Crippen molar-refractivity contribution in [2.75, 3.05) is 19.6 Å². The smallest absolute Gasteiger partial charge is 0.287 e. The standard InChI is InChI=1S/C24H29N3O4/c1-16-3-6-18(7-4-16)14-27-15-19(13-22(27)28)24(30)26-11-9-20(10-12-26)25-23(29)21-8-5-17(2)31-21/h3-8,19-20H,9-15H2,1-2H3,(H,25,29). The molecule has 0 spiro atoms. The highest BCUT2D eigenvalue weighted by molar-refractivity contribution is 5.92. The summed E-state index contributed by atoms with van der Waals surface area (Å²) in [5.41, 5.74) is 2.26. The second-order valence-electron chi connectivity index (χ2n) is 8.64. The number of amides is 3. The number of carbonyl (C=O) groups is 3. The minimum Gasteiger partial charge on any atom is -0.456 e. The molecule has 1 unspecified atom stereocenters. The zero-order valence-electron chi connectivity index (χ0n) is 18.1. The first-order chi connectivity index (χ1) is 14.9. The molecule has 2 aliphatic rings. The topological polar surface area (TPSA) is 82.9 Å². The van der Waals surface area contributed by atoms with E-state index in [4.69, 9.17) is 4.42 Å². The second kappa shape index (κ2) is 8.96. The van der Waals surface area contributed by atoms with Gasteiger partial charge in [0.05, 0.1) is 5.92 Å². The second-order valence-corrected chi connectivity index (χ2v) is 8.64. The van der Waals surface area contributed by atoms with Gasteiger partial charge < -0.3 is 19.5 Å². The van der Waals surface area contributed by atoms with E-state index in [1.807, 2.05) is 36.1 Å². The fraction of sp³-hybridized carbons (Fsp3) is 0.458. The summed E-state index contributed by atoms with van der Waals surface area (Å²) in [6.07, 6.45) is 1.68. The first-order valence-corrected chi connectivity index (χ1v) is 10.9. The quantitative estimate of drug-likeness (QED) is 0.802. The van der Waals surface area contributed by atoms with Crippen LogP contribution in [0.4, 0.5) is 0 Å². The molecule has 2 aliphatic heterocycles. The lowest BCUT2D eigenvalue weighted by molar-refractivity contribution is -0.136. The Morgan fingerprint density at radius 2 is 1.77 bits per heavy atom. The van der Waals surface area contributed by atoms with Crippen molar-refractivity contribution in [1.29, 1.82) is 0 Å². The third kappa shape index (κ3) is 4.98. The monoisotopic (exact) mass is 423 g/mol. The Labute approximate surface area is 182 Å². The molecule has 7 heteroatoms. The fourth-order valence-electron chi connectivity index (χ4n) is 4.32. The van der Waals surface area contributed by atoms with Crippen molar-refractivity contribution in [3.8, 4) is 0 Å². The number of furan rings is 1. The van der Waals surface area contributed by atoms with E-state index in [9.17, 15) is 14.4 Å². The largest absolute Gasteiger partial charge is 0.456 e. The summed E-state index contributed by atoms with van der Waals surface area (Å²) in [7, 11) is 0. The summed E-state index contributed by atoms with van der Waals surface area (Å²) in [5, 5.41) is 2.99. The number of likely N-dealkylation sites (tertiary alicyclic amines) is 2. The number of nitrogens with one attached hydrogen (secondary N) is 1. The number of carbonyl (C=O) groups excluding carboxylic acids is 3. The molecule has 1 atom stereocenters. The Morgan fingerprint density at radius 3 is 2.42 bits per heavy atom. The number of nitrogens with zero attached hydrogens (tertiary/aromatic N) is 2. The highest BCUT2D eigenvalue weighted by Gasteiger charge is 2.37. The molecule has 4 rings (SSSR count). The Hall–Kier alpha value is -3.09. The van der Waals surface area contributed by atoms with Gasteiger partial charge in [0.15, 0.2) is 5.76 Å². The number of hydrogen-bond acceptors (Lipinski definition) is 4. The molecule has 1 aromatic carbocycles. The van der Waals surface area contributed by atoms with Crippen LogP contribution in [0.15, 0.2) is 40.8 Å². The highest BCUT2D eigenvalue weighted by Crippen LogP contribution is 2.24. The molecule has 7 nitrogen and oxygen atoms in total. The molecular formula is C24H29N3O4. The van der Waals surface area contributed by atoms with E-state index < -0.39 is 0 Å². The van der Waals surface area contributed by atoms with Crippen LogP contribution in [-0.4, -0.2) is 53.2 Å². The number of piperidine rings is 1. The average molecular weight is 424 g/mol. The van der Waals surface area contributed by atoms with Crippen molar-refractivity contribution >= 4 is 17.7 Å². The van der Waals surface area contributed by atoms with Gasteiger partial charge in [-0.1, -0.05) is 29.8 Å². The number of aryl methyl sites for hydroxylation is 2. The van der Waals surface area contributed by atoms with E-state index in [-0.39, 0.29) is 36.1 Å². The molecular weight excluding hydrogens is 394 g/mol. The normalized spacial score (nSPS) is 19.7. The molecule has 2 aromatic rings. The number of rotatable bonds is 5. The lowest BCUT2D eigenvalue weighted by Gasteiger charge is -2.33. The van der Waals surface area contributed by atoms with Crippen molar-refractivity contribution in [1.82, 2.24) is 15.1 Å². The van der Waals surface area contributed by atoms with Gasteiger partial charge in [0.25, 0.3) is 5.91 Å². The zero-order valence-corrected chi connectivity index (χ0v) is 18.1. The maximum Gasteiger partial charge on any atom is 0.287 e. The van der Waals surface area contributed by atoms with Gasteiger partial charge in [-0.05, 0) is 44.4 Å². The van der Waals surface area contributed by atoms with E-state index in [2.05, 4.69) is 5.32 Å². The number of hydrogen-bond donors (Lipinski definition) is 1. The van der Waals surface area contributed by atoms with Crippen molar-refractivity contribution < 1.29 is 18.8 Å². The Balaban J connectivity index is 1.26. The van der Waals surface area contributed by atoms with Crippen LogP contribution in [0.25, 0.3) is 0 Å². The summed E-state index contributed by atoms with van der Waals surface area (Å²) in [6, 6.07) is 11.6. The maximum absolute atomic E-state index is 13.0. The van der Waals surface area contributed by atoms with Crippen molar-refractivity contribution in [3.63, 3.8) is 0 Å². The molecule has 3 amide bonds. The van der Waals surface area contributed by atoms with E-state index in [1.165, 1.54) is 5.56 Å². The van der Waals surface area contributed by atoms with Crippen LogP contribution in [0.3, 0.4) is 0 Å². The average Bonchev–Trinajstić information content (AvgIpc) is 3.35. The fourth-order valence-corrected chi connectivity index (χ4v) is 4.32. The minimum absolute atomic E-state index is 0.0187. The van der Waals surface area contributed by atoms with Crippen molar-refractivity contribution in [2.45, 2.75) is 45.7 Å². The summed E-state index contributed by atoms with van der Waals surface area (Å²) in [6.45, 7) is 6.03. The van der Waals surface area contributed by atoms with Gasteiger partial charge in [-0.25, -0.2) is 0 Å². The lowest BCUT2D eigenvalue weighted by Crippen LogP contribution is -2.48. The lowest BCUT2D eigenvalue weighted by atomic mass is 10.0. The molecule has 1 aromatic heterocycles. The third-order valence-electron chi connectivity index (χ3n) is 6.16. The first-order valence-electron chi connectivity index (χ1n) is 10.9. The van der Waals surface area contributed by atoms with Gasteiger partial charge in [0.1, 0.15) is 5.76 Å². The third-order valence-corrected chi connectivity index (χ3v) is 6.16. The van der Waals surface area contributed by atoms with Gasteiger partial charge in [-0.15, -0.1) is 0 Å². The van der Waals surface area contributed by atoms with Gasteiger partial charge in [0, 0.05) is 38.6 Å². The van der Waals surface area contributed by atoms with Gasteiger partial charge in [-0.3, -0.25) is 14.4 Å². The molecule has 0 aliphatic carbocycles. The molecule has 0 radical (unpaired) electrons. The molecule has 0 bridgehead atoms. The van der Waals surface area contributed by atoms with Crippen LogP contribution in [0, 0.1) is 19.8 Å². The van der Waals surface area contributed by atoms with E-state index in [1.54, 1.807) is 24.0 Å². The van der Waals surface area contributed by atoms with E-state index in [0.717, 1.165) is 5.56 Å².